The fourth-order valence-corrected chi connectivity index (χ4v) is 5.96. The Morgan fingerprint density at radius 2 is 1.60 bits per heavy atom. The number of hydrogen-bond acceptors (Lipinski definition) is 8. The first-order valence-electron chi connectivity index (χ1n) is 18.3. The van der Waals surface area contributed by atoms with Crippen molar-refractivity contribution >= 4 is 18.0 Å². The maximum Gasteiger partial charge on any atom is 0.131 e. The van der Waals surface area contributed by atoms with Gasteiger partial charge in [-0.2, -0.15) is 5.26 Å². The highest BCUT2D eigenvalue weighted by atomic mass is 19.1. The van der Waals surface area contributed by atoms with Crippen LogP contribution in [0.3, 0.4) is 0 Å². The molecular formula is C45H50F2N4O4. The largest absolute Gasteiger partial charge is 0.496 e. The van der Waals surface area contributed by atoms with Crippen molar-refractivity contribution < 1.29 is 28.5 Å². The van der Waals surface area contributed by atoms with E-state index in [1.807, 2.05) is 69.3 Å². The second-order valence-electron chi connectivity index (χ2n) is 12.9. The molecule has 0 saturated heterocycles. The zero-order valence-electron chi connectivity index (χ0n) is 31.9. The van der Waals surface area contributed by atoms with Gasteiger partial charge in [0.25, 0.3) is 0 Å². The normalized spacial score (nSPS) is 13.0. The van der Waals surface area contributed by atoms with Crippen LogP contribution in [-0.2, 0) is 17.9 Å². The Morgan fingerprint density at radius 3 is 2.27 bits per heavy atom. The highest BCUT2D eigenvalue weighted by molar-refractivity contribution is 5.83. The number of aliphatic hydroxyl groups excluding tert-OH is 2. The maximum atomic E-state index is 16.2. The van der Waals surface area contributed by atoms with Crippen LogP contribution in [0.2, 0.25) is 0 Å². The standard InChI is InChI=1S/C45H50F2N4O4/c1-31(55-30-35-22-34(26-48)27-51-28-35)21-38(9-5-6-16-49-17-19-52)43(46)23-36-10-7-12-41(32(36)2)42-13-8-11-37(33(42)3)24-44(47)39-14-15-40(29-50-18-20-53)45(25-39)54-4/h5,7-15,21-25,27-28,31,49-50,52-53H,6,16-20,29-30H2,1-4H3/b9-5-,38-21+,43-23-,44-24-. The number of ether oxygens (including phenoxy) is 2. The molecule has 4 aromatic rings. The van der Waals surface area contributed by atoms with Crippen molar-refractivity contribution in [1.82, 2.24) is 15.6 Å². The van der Waals surface area contributed by atoms with E-state index in [2.05, 4.69) is 21.7 Å². The van der Waals surface area contributed by atoms with Gasteiger partial charge in [-0.3, -0.25) is 4.98 Å². The molecule has 0 spiro atoms. The van der Waals surface area contributed by atoms with Crippen molar-refractivity contribution in [2.75, 3.05) is 40.0 Å². The monoisotopic (exact) mass is 748 g/mol. The first kappa shape index (κ1) is 42.5. The Balaban J connectivity index is 1.61. The van der Waals surface area contributed by atoms with Gasteiger partial charge in [-0.15, -0.1) is 0 Å². The van der Waals surface area contributed by atoms with Crippen LogP contribution in [-0.4, -0.2) is 61.3 Å². The average molecular weight is 749 g/mol. The average Bonchev–Trinajstić information content (AvgIpc) is 3.19. The predicted octanol–water partition coefficient (Wildman–Crippen LogP) is 8.17. The molecule has 4 rings (SSSR count). The number of methoxy groups -OCH3 is 1. The number of halogens is 2. The smallest absolute Gasteiger partial charge is 0.131 e. The van der Waals surface area contributed by atoms with Crippen LogP contribution in [0.4, 0.5) is 8.78 Å². The van der Waals surface area contributed by atoms with E-state index in [0.29, 0.717) is 66.2 Å². The molecule has 1 unspecified atom stereocenters. The lowest BCUT2D eigenvalue weighted by Crippen LogP contribution is -2.18. The predicted molar refractivity (Wildman–Crippen MR) is 216 cm³/mol. The molecule has 0 bridgehead atoms. The van der Waals surface area contributed by atoms with Crippen LogP contribution in [0.25, 0.3) is 29.1 Å². The van der Waals surface area contributed by atoms with Crippen LogP contribution >= 0.6 is 0 Å². The first-order chi connectivity index (χ1) is 26.7. The lowest BCUT2D eigenvalue weighted by atomic mass is 9.91. The van der Waals surface area contributed by atoms with E-state index in [1.165, 1.54) is 18.3 Å². The summed E-state index contributed by atoms with van der Waals surface area (Å²) in [6.07, 6.45) is 11.6. The summed E-state index contributed by atoms with van der Waals surface area (Å²) < 4.78 is 43.5. The van der Waals surface area contributed by atoms with Gasteiger partial charge in [0.2, 0.25) is 0 Å². The van der Waals surface area contributed by atoms with E-state index in [1.54, 1.807) is 43.7 Å². The van der Waals surface area contributed by atoms with E-state index in [9.17, 15) is 5.26 Å². The Bertz CT molecular complexity index is 2050. The lowest BCUT2D eigenvalue weighted by Gasteiger charge is -2.15. The van der Waals surface area contributed by atoms with Gasteiger partial charge in [0.1, 0.15) is 23.5 Å². The van der Waals surface area contributed by atoms with E-state index >= 15 is 8.78 Å². The zero-order chi connectivity index (χ0) is 39.6. The number of nitrogens with one attached hydrogen (secondary N) is 2. The Morgan fingerprint density at radius 1 is 0.909 bits per heavy atom. The highest BCUT2D eigenvalue weighted by Gasteiger charge is 2.14. The maximum absolute atomic E-state index is 16.2. The molecule has 0 aliphatic heterocycles. The van der Waals surface area contributed by atoms with Gasteiger partial charge in [-0.1, -0.05) is 60.7 Å². The van der Waals surface area contributed by atoms with E-state index in [4.69, 9.17) is 19.7 Å². The SMILES string of the molecule is COc1cc(/C(F)=C/c2cccc(-c3cccc(/C=C(F)/C(/C=C\CCNCCO)=C/C(C)OCc4cncc(C#N)c4)c3C)c2C)ccc1CNCCO. The molecule has 0 saturated carbocycles. The van der Waals surface area contributed by atoms with E-state index in [-0.39, 0.29) is 19.8 Å². The number of nitriles is 1. The van der Waals surface area contributed by atoms with Crippen LogP contribution in [0, 0.1) is 25.2 Å². The molecule has 8 nitrogen and oxygen atoms in total. The van der Waals surface area contributed by atoms with Crippen LogP contribution < -0.4 is 15.4 Å². The lowest BCUT2D eigenvalue weighted by molar-refractivity contribution is 0.0835. The van der Waals surface area contributed by atoms with Gasteiger partial charge < -0.3 is 30.3 Å². The molecule has 55 heavy (non-hydrogen) atoms. The molecule has 1 heterocycles. The quantitative estimate of drug-likeness (QED) is 0.0406. The van der Waals surface area contributed by atoms with Gasteiger partial charge in [0.05, 0.1) is 38.6 Å². The van der Waals surface area contributed by atoms with Crippen molar-refractivity contribution in [2.24, 2.45) is 0 Å². The summed E-state index contributed by atoms with van der Waals surface area (Å²) in [5, 5.41) is 33.5. The van der Waals surface area contributed by atoms with Crippen molar-refractivity contribution in [3.8, 4) is 22.9 Å². The topological polar surface area (TPSA) is 120 Å². The molecule has 3 aromatic carbocycles. The second-order valence-corrected chi connectivity index (χ2v) is 12.9. The fraction of sp³-hybridized carbons (Fsp3) is 0.289. The molecule has 0 radical (unpaired) electrons. The molecule has 288 valence electrons. The Hall–Kier alpha value is -5.28. The van der Waals surface area contributed by atoms with Gasteiger partial charge in [-0.05, 0) is 103 Å². The third-order valence-corrected chi connectivity index (χ3v) is 8.97. The number of hydrogen-bond donors (Lipinski definition) is 4. The number of aliphatic hydroxyl groups is 2. The van der Waals surface area contributed by atoms with Gasteiger partial charge in [-0.25, -0.2) is 8.78 Å². The number of allylic oxidation sites excluding steroid dienone is 3. The molecule has 0 amide bonds. The Kier molecular flexibility index (Phi) is 17.1. The van der Waals surface area contributed by atoms with Crippen molar-refractivity contribution in [3.05, 3.63) is 147 Å². The summed E-state index contributed by atoms with van der Waals surface area (Å²) in [4.78, 5) is 4.08. The number of aromatic nitrogens is 1. The summed E-state index contributed by atoms with van der Waals surface area (Å²) in [6, 6.07) is 20.4. The summed E-state index contributed by atoms with van der Waals surface area (Å²) in [7, 11) is 1.54. The molecule has 1 atom stereocenters. The van der Waals surface area contributed by atoms with E-state index in [0.717, 1.165) is 33.4 Å². The van der Waals surface area contributed by atoms with Crippen molar-refractivity contribution in [3.63, 3.8) is 0 Å². The zero-order valence-corrected chi connectivity index (χ0v) is 31.9. The van der Waals surface area contributed by atoms with Gasteiger partial charge in [0.15, 0.2) is 0 Å². The molecule has 4 N–H and O–H groups in total. The molecule has 0 fully saturated rings. The Labute approximate surface area is 323 Å². The minimum atomic E-state index is -0.462. The first-order valence-corrected chi connectivity index (χ1v) is 18.3. The minimum Gasteiger partial charge on any atom is -0.496 e. The van der Waals surface area contributed by atoms with E-state index < -0.39 is 17.8 Å². The molecular weight excluding hydrogens is 699 g/mol. The highest BCUT2D eigenvalue weighted by Crippen LogP contribution is 2.34. The van der Waals surface area contributed by atoms with Crippen LogP contribution in [0.5, 0.6) is 5.75 Å². The molecule has 1 aromatic heterocycles. The second kappa shape index (κ2) is 22.2. The van der Waals surface area contributed by atoms with Crippen LogP contribution in [0.15, 0.2) is 103 Å². The van der Waals surface area contributed by atoms with Gasteiger partial charge in [0, 0.05) is 48.7 Å². The number of nitrogens with zero attached hydrogens (tertiary/aromatic N) is 2. The summed E-state index contributed by atoms with van der Waals surface area (Å²) in [5.74, 6) is -0.300. The number of pyridine rings is 1. The number of rotatable bonds is 20. The third kappa shape index (κ3) is 12.6. The number of benzene rings is 3. The molecule has 0 aliphatic rings. The van der Waals surface area contributed by atoms with Gasteiger partial charge >= 0.3 is 0 Å². The third-order valence-electron chi connectivity index (χ3n) is 8.97. The summed E-state index contributed by atoms with van der Waals surface area (Å²) >= 11 is 0. The molecule has 0 aliphatic carbocycles. The summed E-state index contributed by atoms with van der Waals surface area (Å²) in [5.41, 5.74) is 7.72. The van der Waals surface area contributed by atoms with Crippen LogP contribution in [0.1, 0.15) is 57.9 Å². The van der Waals surface area contributed by atoms with Crippen molar-refractivity contribution in [2.45, 2.75) is 46.4 Å². The minimum absolute atomic E-state index is 0.0202. The molecule has 10 heteroatoms. The fourth-order valence-electron chi connectivity index (χ4n) is 5.96. The summed E-state index contributed by atoms with van der Waals surface area (Å²) in [6.45, 7) is 8.03. The van der Waals surface area contributed by atoms with Crippen molar-refractivity contribution in [1.29, 1.82) is 5.26 Å².